The lowest BCUT2D eigenvalue weighted by atomic mass is 10.0. The molecule has 2 atom stereocenters. The molecule has 162 valence electrons. The predicted octanol–water partition coefficient (Wildman–Crippen LogP) is 2.16. The molecule has 1 amide bonds. The first-order valence-electron chi connectivity index (χ1n) is 10.7. The fourth-order valence-electron chi connectivity index (χ4n) is 5.19. The lowest BCUT2D eigenvalue weighted by Gasteiger charge is -2.48. The standard InChI is InChI=1S/C23H24FN3O4/c24-15-6-3-14(4-7-15)5-8-18(28)17-12-25-13-19-26-10-1-2-16(26)9-11-27(19)23(31)20(25)22(30)21(17)29/h3-4,6-7,12,16,19,30H,1-2,5,8-11,13H2/t16-,19-/m0/s1. The second-order valence-electron chi connectivity index (χ2n) is 8.57. The van der Waals surface area contributed by atoms with Crippen LogP contribution in [-0.4, -0.2) is 56.5 Å². The Kier molecular flexibility index (Phi) is 4.89. The lowest BCUT2D eigenvalue weighted by Crippen LogP contribution is -2.62. The number of hydrogen-bond acceptors (Lipinski definition) is 5. The normalized spacial score (nSPS) is 22.7. The fourth-order valence-corrected chi connectivity index (χ4v) is 5.19. The molecule has 0 unspecified atom stereocenters. The van der Waals surface area contributed by atoms with Gasteiger partial charge in [0.1, 0.15) is 12.0 Å². The molecule has 2 fully saturated rings. The molecular formula is C23H24FN3O4. The maximum Gasteiger partial charge on any atom is 0.275 e. The molecule has 0 saturated carbocycles. The number of amides is 1. The third kappa shape index (κ3) is 3.35. The van der Waals surface area contributed by atoms with Gasteiger partial charge in [0.05, 0.1) is 12.1 Å². The minimum absolute atomic E-state index is 0.0334. The molecule has 8 heteroatoms. The Labute approximate surface area is 178 Å². The highest BCUT2D eigenvalue weighted by atomic mass is 19.1. The van der Waals surface area contributed by atoms with E-state index in [2.05, 4.69) is 4.90 Å². The summed E-state index contributed by atoms with van der Waals surface area (Å²) in [5.74, 6) is -1.77. The number of carbonyl (C=O) groups excluding carboxylic acids is 2. The van der Waals surface area contributed by atoms with Gasteiger partial charge in [-0.1, -0.05) is 12.1 Å². The van der Waals surface area contributed by atoms with Crippen LogP contribution in [0.4, 0.5) is 4.39 Å². The maximum absolute atomic E-state index is 13.1. The van der Waals surface area contributed by atoms with Crippen molar-refractivity contribution in [2.75, 3.05) is 13.1 Å². The van der Waals surface area contributed by atoms with Crippen molar-refractivity contribution in [2.24, 2.45) is 0 Å². The van der Waals surface area contributed by atoms with Crippen LogP contribution in [0.1, 0.15) is 52.1 Å². The number of ketones is 1. The van der Waals surface area contributed by atoms with Crippen LogP contribution in [0.15, 0.2) is 35.3 Å². The van der Waals surface area contributed by atoms with Gasteiger partial charge in [-0.2, -0.15) is 0 Å². The highest BCUT2D eigenvalue weighted by Crippen LogP contribution is 2.34. The van der Waals surface area contributed by atoms with Gasteiger partial charge < -0.3 is 14.6 Å². The summed E-state index contributed by atoms with van der Waals surface area (Å²) in [7, 11) is 0. The second-order valence-corrected chi connectivity index (χ2v) is 8.57. The van der Waals surface area contributed by atoms with E-state index in [9.17, 15) is 23.9 Å². The number of carbonyl (C=O) groups is 2. The molecule has 2 aromatic rings. The number of rotatable bonds is 4. The van der Waals surface area contributed by atoms with E-state index in [-0.39, 0.29) is 35.6 Å². The van der Waals surface area contributed by atoms with Gasteiger partial charge in [0.15, 0.2) is 17.2 Å². The molecule has 1 N–H and O–H groups in total. The number of aryl methyl sites for hydroxylation is 1. The number of Topliss-reactive ketones (excluding diaryl/α,β-unsaturated/α-hetero) is 1. The smallest absolute Gasteiger partial charge is 0.275 e. The van der Waals surface area contributed by atoms with Crippen molar-refractivity contribution in [2.45, 2.75) is 50.9 Å². The highest BCUT2D eigenvalue weighted by Gasteiger charge is 2.45. The van der Waals surface area contributed by atoms with Gasteiger partial charge in [0.25, 0.3) is 5.91 Å². The zero-order valence-corrected chi connectivity index (χ0v) is 17.1. The largest absolute Gasteiger partial charge is 0.503 e. The second kappa shape index (κ2) is 7.60. The summed E-state index contributed by atoms with van der Waals surface area (Å²) in [4.78, 5) is 42.7. The maximum atomic E-state index is 13.1. The number of hydrogen-bond donors (Lipinski definition) is 1. The molecule has 31 heavy (non-hydrogen) atoms. The van der Waals surface area contributed by atoms with E-state index in [4.69, 9.17) is 0 Å². The Balaban J connectivity index is 1.43. The van der Waals surface area contributed by atoms with Gasteiger partial charge in [0.2, 0.25) is 5.43 Å². The summed E-state index contributed by atoms with van der Waals surface area (Å²) in [6.45, 7) is 1.95. The van der Waals surface area contributed by atoms with Gasteiger partial charge in [-0.3, -0.25) is 19.3 Å². The summed E-state index contributed by atoms with van der Waals surface area (Å²) in [6, 6.07) is 6.31. The van der Waals surface area contributed by atoms with Crippen LogP contribution < -0.4 is 5.43 Å². The number of aromatic hydroxyl groups is 1. The zero-order chi connectivity index (χ0) is 21.7. The van der Waals surface area contributed by atoms with Crippen molar-refractivity contribution in [3.8, 4) is 5.75 Å². The summed E-state index contributed by atoms with van der Waals surface area (Å²) in [6.07, 6.45) is 4.83. The average Bonchev–Trinajstić information content (AvgIpc) is 3.25. The third-order valence-corrected chi connectivity index (χ3v) is 6.80. The molecule has 1 aromatic carbocycles. The van der Waals surface area contributed by atoms with E-state index in [1.54, 1.807) is 21.6 Å². The molecule has 0 bridgehead atoms. The van der Waals surface area contributed by atoms with Crippen molar-refractivity contribution in [1.29, 1.82) is 0 Å². The quantitative estimate of drug-likeness (QED) is 0.759. The van der Waals surface area contributed by atoms with Crippen LogP contribution in [0.25, 0.3) is 0 Å². The monoisotopic (exact) mass is 425 g/mol. The number of pyridine rings is 1. The molecule has 0 aliphatic carbocycles. The van der Waals surface area contributed by atoms with Crippen molar-refractivity contribution in [3.05, 3.63) is 63.3 Å². The number of benzene rings is 1. The van der Waals surface area contributed by atoms with Crippen molar-refractivity contribution in [1.82, 2.24) is 14.4 Å². The van der Waals surface area contributed by atoms with Crippen LogP contribution in [0.3, 0.4) is 0 Å². The molecule has 3 aliphatic rings. The Morgan fingerprint density at radius 2 is 1.90 bits per heavy atom. The first-order valence-corrected chi connectivity index (χ1v) is 10.7. The molecule has 3 aliphatic heterocycles. The molecule has 5 rings (SSSR count). The Bertz CT molecular complexity index is 1110. The average molecular weight is 425 g/mol. The summed E-state index contributed by atoms with van der Waals surface area (Å²) in [5.41, 5.74) is -0.171. The van der Waals surface area contributed by atoms with Crippen LogP contribution in [0.5, 0.6) is 5.75 Å². The summed E-state index contributed by atoms with van der Waals surface area (Å²) < 4.78 is 14.6. The Morgan fingerprint density at radius 3 is 2.68 bits per heavy atom. The summed E-state index contributed by atoms with van der Waals surface area (Å²) >= 11 is 0. The first kappa shape index (κ1) is 19.9. The van der Waals surface area contributed by atoms with Crippen molar-refractivity contribution in [3.63, 3.8) is 0 Å². The molecule has 7 nitrogen and oxygen atoms in total. The lowest BCUT2D eigenvalue weighted by molar-refractivity contribution is -0.0211. The van der Waals surface area contributed by atoms with Gasteiger partial charge in [-0.05, 0) is 43.4 Å². The minimum atomic E-state index is -0.807. The topological polar surface area (TPSA) is 82.8 Å². The number of halogens is 1. The summed E-state index contributed by atoms with van der Waals surface area (Å²) in [5, 5.41) is 10.5. The van der Waals surface area contributed by atoms with E-state index >= 15 is 0 Å². The zero-order valence-electron chi connectivity index (χ0n) is 17.1. The van der Waals surface area contributed by atoms with Crippen molar-refractivity contribution >= 4 is 11.7 Å². The van der Waals surface area contributed by atoms with Crippen LogP contribution in [0, 0.1) is 5.82 Å². The third-order valence-electron chi connectivity index (χ3n) is 6.80. The van der Waals surface area contributed by atoms with Crippen LogP contribution >= 0.6 is 0 Å². The first-order chi connectivity index (χ1) is 14.9. The molecular weight excluding hydrogens is 401 g/mol. The molecule has 1 aromatic heterocycles. The molecule has 0 spiro atoms. The Hall–Kier alpha value is -3.00. The highest BCUT2D eigenvalue weighted by molar-refractivity contribution is 6.00. The predicted molar refractivity (Wildman–Crippen MR) is 111 cm³/mol. The fraction of sp³-hybridized carbons (Fsp3) is 0.435. The van der Waals surface area contributed by atoms with E-state index in [0.29, 0.717) is 25.6 Å². The van der Waals surface area contributed by atoms with Gasteiger partial charge in [0, 0.05) is 31.7 Å². The Morgan fingerprint density at radius 1 is 1.13 bits per heavy atom. The molecule has 2 saturated heterocycles. The minimum Gasteiger partial charge on any atom is -0.503 e. The number of aromatic nitrogens is 1. The van der Waals surface area contributed by atoms with E-state index in [0.717, 1.165) is 31.4 Å². The molecule has 4 heterocycles. The van der Waals surface area contributed by atoms with Crippen LogP contribution in [-0.2, 0) is 13.0 Å². The SMILES string of the molecule is O=C(CCc1ccc(F)cc1)c1cn2c(c(O)c1=O)C(=O)N1CC[C@@H]3CCCN3[C@@H]1C2. The van der Waals surface area contributed by atoms with E-state index in [1.165, 1.54) is 18.3 Å². The van der Waals surface area contributed by atoms with Crippen LogP contribution in [0.2, 0.25) is 0 Å². The van der Waals surface area contributed by atoms with Crippen molar-refractivity contribution < 1.29 is 19.1 Å². The number of nitrogens with zero attached hydrogens (tertiary/aromatic N) is 3. The molecule has 0 radical (unpaired) electrons. The van der Waals surface area contributed by atoms with Gasteiger partial charge in [-0.15, -0.1) is 0 Å². The number of fused-ring (bicyclic) bond motifs is 4. The van der Waals surface area contributed by atoms with Gasteiger partial charge in [-0.25, -0.2) is 4.39 Å². The van der Waals surface area contributed by atoms with Gasteiger partial charge >= 0.3 is 0 Å². The van der Waals surface area contributed by atoms with E-state index in [1.807, 2.05) is 0 Å². The van der Waals surface area contributed by atoms with E-state index < -0.39 is 17.0 Å².